The van der Waals surface area contributed by atoms with Crippen LogP contribution < -0.4 is 4.90 Å². The van der Waals surface area contributed by atoms with E-state index < -0.39 is 0 Å². The number of hydrogen-bond donors (Lipinski definition) is 0. The molecule has 0 bridgehead atoms. The molecule has 120 valence electrons. The number of thiophene rings is 1. The summed E-state index contributed by atoms with van der Waals surface area (Å²) in [5.41, 5.74) is 1.47. The molecule has 0 unspecified atom stereocenters. The molecule has 5 rings (SSSR count). The van der Waals surface area contributed by atoms with E-state index in [9.17, 15) is 0 Å². The quantitative estimate of drug-likeness (QED) is 0.677. The first-order valence-corrected chi connectivity index (χ1v) is 9.09. The smallest absolute Gasteiger partial charge is 0.276 e. The minimum absolute atomic E-state index is 0.616. The average Bonchev–Trinajstić information content (AvgIpc) is 3.18. The second-order valence-electron chi connectivity index (χ2n) is 6.55. The highest BCUT2D eigenvalue weighted by Gasteiger charge is 2.26. The Morgan fingerprint density at radius 1 is 1.09 bits per heavy atom. The number of hydrogen-bond acceptors (Lipinski definition) is 7. The molecule has 1 fully saturated rings. The molecule has 0 aliphatic carbocycles. The summed E-state index contributed by atoms with van der Waals surface area (Å²) < 4.78 is 1.81. The highest BCUT2D eigenvalue weighted by Crippen LogP contribution is 2.39. The topological polar surface area (TPSA) is 62.5 Å². The predicted octanol–water partition coefficient (Wildman–Crippen LogP) is 1.71. The average molecular weight is 329 g/mol. The number of tetrazole rings is 1. The third-order valence-electron chi connectivity index (χ3n) is 4.96. The SMILES string of the molecule is CN1CCc2c(sc3c2c(N2CCCCC2)nc2nnnn23)C1. The van der Waals surface area contributed by atoms with Gasteiger partial charge in [0.2, 0.25) is 0 Å². The van der Waals surface area contributed by atoms with E-state index in [4.69, 9.17) is 4.98 Å². The van der Waals surface area contributed by atoms with Crippen molar-refractivity contribution in [2.75, 3.05) is 31.6 Å². The Hall–Kier alpha value is -1.80. The van der Waals surface area contributed by atoms with Gasteiger partial charge in [0.05, 0.1) is 5.39 Å². The lowest BCUT2D eigenvalue weighted by Gasteiger charge is -2.29. The second-order valence-corrected chi connectivity index (χ2v) is 7.63. The van der Waals surface area contributed by atoms with Crippen molar-refractivity contribution in [3.8, 4) is 0 Å². The summed E-state index contributed by atoms with van der Waals surface area (Å²) in [7, 11) is 2.18. The first-order valence-electron chi connectivity index (χ1n) is 8.27. The fourth-order valence-corrected chi connectivity index (χ4v) is 5.13. The monoisotopic (exact) mass is 329 g/mol. The van der Waals surface area contributed by atoms with E-state index in [0.717, 1.165) is 43.2 Å². The first-order chi connectivity index (χ1) is 11.3. The second kappa shape index (κ2) is 5.10. The molecule has 3 aromatic rings. The van der Waals surface area contributed by atoms with E-state index in [2.05, 4.69) is 32.4 Å². The van der Waals surface area contributed by atoms with Crippen molar-refractivity contribution in [3.63, 3.8) is 0 Å². The highest BCUT2D eigenvalue weighted by atomic mass is 32.1. The third kappa shape index (κ3) is 2.05. The number of anilines is 1. The molecule has 7 nitrogen and oxygen atoms in total. The molecule has 0 N–H and O–H groups in total. The molecule has 5 heterocycles. The molecule has 2 aliphatic heterocycles. The number of likely N-dealkylation sites (N-methyl/N-ethyl adjacent to an activating group) is 1. The van der Waals surface area contributed by atoms with Crippen molar-refractivity contribution in [3.05, 3.63) is 10.4 Å². The van der Waals surface area contributed by atoms with Crippen LogP contribution in [0.3, 0.4) is 0 Å². The van der Waals surface area contributed by atoms with Crippen molar-refractivity contribution in [1.29, 1.82) is 0 Å². The van der Waals surface area contributed by atoms with Crippen molar-refractivity contribution < 1.29 is 0 Å². The van der Waals surface area contributed by atoms with Gasteiger partial charge in [-0.05, 0) is 48.7 Å². The summed E-state index contributed by atoms with van der Waals surface area (Å²) in [6, 6.07) is 0. The zero-order chi connectivity index (χ0) is 15.4. The van der Waals surface area contributed by atoms with Crippen LogP contribution in [-0.4, -0.2) is 56.6 Å². The van der Waals surface area contributed by atoms with E-state index in [1.807, 2.05) is 15.9 Å². The standard InChI is InChI=1S/C15H19N7S/c1-20-8-5-10-11(9-20)23-14-12(10)13(21-6-3-2-4-7-21)16-15-17-18-19-22(14)15/h2-9H2,1H3. The van der Waals surface area contributed by atoms with Gasteiger partial charge in [-0.1, -0.05) is 5.10 Å². The van der Waals surface area contributed by atoms with Gasteiger partial charge >= 0.3 is 0 Å². The summed E-state index contributed by atoms with van der Waals surface area (Å²) in [6.45, 7) is 4.29. The molecule has 23 heavy (non-hydrogen) atoms. The van der Waals surface area contributed by atoms with Crippen molar-refractivity contribution in [2.45, 2.75) is 32.2 Å². The van der Waals surface area contributed by atoms with Crippen LogP contribution in [0.15, 0.2) is 0 Å². The zero-order valence-corrected chi connectivity index (χ0v) is 14.0. The molecule has 0 saturated carbocycles. The fourth-order valence-electron chi connectivity index (χ4n) is 3.77. The molecule has 0 atom stereocenters. The van der Waals surface area contributed by atoms with Gasteiger partial charge in [0, 0.05) is 31.1 Å². The summed E-state index contributed by atoms with van der Waals surface area (Å²) >= 11 is 1.83. The minimum atomic E-state index is 0.616. The number of rotatable bonds is 1. The zero-order valence-electron chi connectivity index (χ0n) is 13.2. The molecular weight excluding hydrogens is 310 g/mol. The van der Waals surface area contributed by atoms with E-state index in [-0.39, 0.29) is 0 Å². The summed E-state index contributed by atoms with van der Waals surface area (Å²) in [4.78, 5) is 12.2. The Balaban J connectivity index is 1.80. The lowest BCUT2D eigenvalue weighted by molar-refractivity contribution is 0.318. The Labute approximate surface area is 137 Å². The molecule has 3 aromatic heterocycles. The highest BCUT2D eigenvalue weighted by molar-refractivity contribution is 7.19. The van der Waals surface area contributed by atoms with Crippen LogP contribution in [0.5, 0.6) is 0 Å². The van der Waals surface area contributed by atoms with E-state index in [1.54, 1.807) is 0 Å². The van der Waals surface area contributed by atoms with Crippen molar-refractivity contribution >= 4 is 33.1 Å². The van der Waals surface area contributed by atoms with Gasteiger partial charge in [-0.2, -0.15) is 9.50 Å². The summed E-state index contributed by atoms with van der Waals surface area (Å²) in [5, 5.41) is 13.4. The Morgan fingerprint density at radius 3 is 2.83 bits per heavy atom. The van der Waals surface area contributed by atoms with Gasteiger partial charge in [0.25, 0.3) is 5.78 Å². The van der Waals surface area contributed by atoms with Gasteiger partial charge in [0.1, 0.15) is 10.6 Å². The molecule has 8 heteroatoms. The fraction of sp³-hybridized carbons (Fsp3) is 0.600. The van der Waals surface area contributed by atoms with Gasteiger partial charge < -0.3 is 9.80 Å². The lowest BCUT2D eigenvalue weighted by atomic mass is 10.0. The lowest BCUT2D eigenvalue weighted by Crippen LogP contribution is -2.31. The summed E-state index contributed by atoms with van der Waals surface area (Å²) in [6.07, 6.45) is 4.89. The van der Waals surface area contributed by atoms with Crippen LogP contribution in [0.2, 0.25) is 0 Å². The molecule has 1 saturated heterocycles. The third-order valence-corrected chi connectivity index (χ3v) is 6.15. The minimum Gasteiger partial charge on any atom is -0.356 e. The number of piperidine rings is 1. The maximum Gasteiger partial charge on any atom is 0.276 e. The summed E-state index contributed by atoms with van der Waals surface area (Å²) in [5.74, 6) is 1.72. The largest absolute Gasteiger partial charge is 0.356 e. The van der Waals surface area contributed by atoms with Gasteiger partial charge in [-0.25, -0.2) is 0 Å². The van der Waals surface area contributed by atoms with Gasteiger partial charge in [-0.15, -0.1) is 11.3 Å². The molecule has 2 aliphatic rings. The van der Waals surface area contributed by atoms with Crippen molar-refractivity contribution in [2.24, 2.45) is 0 Å². The van der Waals surface area contributed by atoms with Crippen LogP contribution in [0.1, 0.15) is 29.7 Å². The predicted molar refractivity (Wildman–Crippen MR) is 90.1 cm³/mol. The maximum atomic E-state index is 4.83. The first kappa shape index (κ1) is 13.6. The normalized spacial score (nSPS) is 19.6. The van der Waals surface area contributed by atoms with Crippen LogP contribution in [-0.2, 0) is 13.0 Å². The Morgan fingerprint density at radius 2 is 1.96 bits per heavy atom. The van der Waals surface area contributed by atoms with E-state index in [1.165, 1.54) is 35.1 Å². The molecule has 0 amide bonds. The van der Waals surface area contributed by atoms with Crippen LogP contribution >= 0.6 is 11.3 Å². The molecule has 0 aromatic carbocycles. The van der Waals surface area contributed by atoms with Crippen LogP contribution in [0, 0.1) is 0 Å². The van der Waals surface area contributed by atoms with Gasteiger partial charge in [-0.3, -0.25) is 0 Å². The Kier molecular flexibility index (Phi) is 3.02. The number of fused-ring (bicyclic) bond motifs is 5. The molecule has 0 spiro atoms. The number of nitrogens with zero attached hydrogens (tertiary/aromatic N) is 7. The molecule has 0 radical (unpaired) electrons. The number of aromatic nitrogens is 5. The maximum absolute atomic E-state index is 4.83. The molecular formula is C15H19N7S. The Bertz CT molecular complexity index is 877. The van der Waals surface area contributed by atoms with Crippen LogP contribution in [0.25, 0.3) is 16.0 Å². The van der Waals surface area contributed by atoms with E-state index >= 15 is 0 Å². The van der Waals surface area contributed by atoms with Crippen LogP contribution in [0.4, 0.5) is 5.82 Å². The van der Waals surface area contributed by atoms with Gasteiger partial charge in [0.15, 0.2) is 0 Å². The van der Waals surface area contributed by atoms with Crippen molar-refractivity contribution in [1.82, 2.24) is 29.9 Å². The van der Waals surface area contributed by atoms with E-state index in [0.29, 0.717) is 5.78 Å².